The minimum atomic E-state index is -4.52. The molecule has 0 saturated carbocycles. The molecule has 9 nitrogen and oxygen atoms in total. The van der Waals surface area contributed by atoms with E-state index in [1.807, 2.05) is 0 Å². The van der Waals surface area contributed by atoms with Gasteiger partial charge in [0.1, 0.15) is 12.2 Å². The van der Waals surface area contributed by atoms with Crippen molar-refractivity contribution in [3.63, 3.8) is 0 Å². The van der Waals surface area contributed by atoms with Gasteiger partial charge in [0.05, 0.1) is 26.4 Å². The fourth-order valence-electron chi connectivity index (χ4n) is 9.07. The van der Waals surface area contributed by atoms with E-state index in [9.17, 15) is 19.4 Å². The summed E-state index contributed by atoms with van der Waals surface area (Å²) < 4.78 is 33.7. The summed E-state index contributed by atoms with van der Waals surface area (Å²) in [6, 6.07) is 0. The molecule has 0 bridgehead atoms. The Bertz CT molecular complexity index is 1020. The van der Waals surface area contributed by atoms with Crippen molar-refractivity contribution in [2.24, 2.45) is 0 Å². The van der Waals surface area contributed by atoms with Crippen molar-refractivity contribution in [2.75, 3.05) is 33.0 Å². The zero-order valence-corrected chi connectivity index (χ0v) is 45.6. The monoisotopic (exact) mass is 975 g/mol. The third-order valence-corrected chi connectivity index (χ3v) is 14.5. The van der Waals surface area contributed by atoms with E-state index < -0.39 is 33.2 Å². The number of carbonyl (C=O) groups is 1. The highest BCUT2D eigenvalue weighted by Gasteiger charge is 2.26. The molecule has 0 rings (SSSR count). The van der Waals surface area contributed by atoms with Crippen LogP contribution in [0.25, 0.3) is 0 Å². The number of aliphatic hydroxyl groups is 2. The van der Waals surface area contributed by atoms with E-state index in [1.54, 1.807) is 0 Å². The summed E-state index contributed by atoms with van der Waals surface area (Å²) in [6.45, 7) is 3.63. The van der Waals surface area contributed by atoms with Gasteiger partial charge in [-0.05, 0) is 12.8 Å². The SMILES string of the molecule is CCCCCCCCCCCCCCCCCCCCCCCCCOCC(COP(=O)(O)OCC(O)CO)OC(=O)CCCCCCCCCCCCCCCCCCCCCCCCC. The van der Waals surface area contributed by atoms with Gasteiger partial charge < -0.3 is 24.6 Å². The van der Waals surface area contributed by atoms with E-state index >= 15 is 0 Å². The Morgan fingerprint density at radius 2 is 0.672 bits per heavy atom. The second kappa shape index (κ2) is 54.8. The van der Waals surface area contributed by atoms with Gasteiger partial charge >= 0.3 is 13.8 Å². The van der Waals surface area contributed by atoms with E-state index in [-0.39, 0.29) is 25.6 Å². The molecule has 3 atom stereocenters. The predicted octanol–water partition coefficient (Wildman–Crippen LogP) is 17.8. The van der Waals surface area contributed by atoms with Crippen LogP contribution in [0.15, 0.2) is 0 Å². The van der Waals surface area contributed by atoms with Crippen LogP contribution in [0.4, 0.5) is 0 Å². The first kappa shape index (κ1) is 66.5. The molecule has 0 radical (unpaired) electrons. The summed E-state index contributed by atoms with van der Waals surface area (Å²) in [7, 11) is -4.52. The van der Waals surface area contributed by atoms with Crippen molar-refractivity contribution in [1.29, 1.82) is 0 Å². The number of phosphoric acid groups is 1. The standard InChI is InChI=1S/C57H115O9P/c1-3-5-7-9-11-13-15-17-19-21-23-25-27-29-31-33-35-37-39-41-43-45-47-49-57(60)66-56(54-65-67(61,62)64-52-55(59)51-58)53-63-50-48-46-44-42-40-38-36-34-32-30-28-26-24-22-20-18-16-14-12-10-8-6-4-2/h55-56,58-59H,3-54H2,1-2H3,(H,61,62). The second-order valence-corrected chi connectivity index (χ2v) is 21.8. The predicted molar refractivity (Wildman–Crippen MR) is 284 cm³/mol. The van der Waals surface area contributed by atoms with Gasteiger partial charge in [-0.15, -0.1) is 0 Å². The highest BCUT2D eigenvalue weighted by molar-refractivity contribution is 7.47. The van der Waals surface area contributed by atoms with Gasteiger partial charge in [0.25, 0.3) is 0 Å². The van der Waals surface area contributed by atoms with Crippen LogP contribution in [0.2, 0.25) is 0 Å². The lowest BCUT2D eigenvalue weighted by atomic mass is 10.0. The zero-order valence-electron chi connectivity index (χ0n) is 44.7. The van der Waals surface area contributed by atoms with Crippen LogP contribution in [0, 0.1) is 0 Å². The van der Waals surface area contributed by atoms with Gasteiger partial charge in [0.15, 0.2) is 0 Å². The number of carbonyl (C=O) groups excluding carboxylic acids is 1. The van der Waals surface area contributed by atoms with Crippen LogP contribution >= 0.6 is 7.82 Å². The van der Waals surface area contributed by atoms with Crippen LogP contribution in [-0.4, -0.2) is 66.3 Å². The van der Waals surface area contributed by atoms with Crippen LogP contribution in [0.5, 0.6) is 0 Å². The fraction of sp³-hybridized carbons (Fsp3) is 0.982. The number of aliphatic hydroxyl groups excluding tert-OH is 2. The zero-order chi connectivity index (χ0) is 48.8. The topological polar surface area (TPSA) is 132 Å². The molecule has 0 aliphatic carbocycles. The molecular formula is C57H115O9P. The van der Waals surface area contributed by atoms with Gasteiger partial charge in [-0.25, -0.2) is 4.57 Å². The van der Waals surface area contributed by atoms with Crippen LogP contribution in [-0.2, 0) is 27.9 Å². The fourth-order valence-corrected chi connectivity index (χ4v) is 9.86. The minimum absolute atomic E-state index is 0.0592. The van der Waals surface area contributed by atoms with Gasteiger partial charge in [0, 0.05) is 13.0 Å². The number of hydrogen-bond donors (Lipinski definition) is 3. The van der Waals surface area contributed by atoms with Gasteiger partial charge in [-0.2, -0.15) is 0 Å². The summed E-state index contributed by atoms with van der Waals surface area (Å²) in [6.07, 6.45) is 59.5. The number of esters is 1. The number of rotatable bonds is 58. The van der Waals surface area contributed by atoms with E-state index in [0.717, 1.165) is 32.1 Å². The normalized spacial score (nSPS) is 13.6. The highest BCUT2D eigenvalue weighted by atomic mass is 31.2. The average molecular weight is 976 g/mol. The van der Waals surface area contributed by atoms with E-state index in [1.165, 1.54) is 263 Å². The summed E-state index contributed by atoms with van der Waals surface area (Å²) >= 11 is 0. The Morgan fingerprint density at radius 3 is 0.970 bits per heavy atom. The molecule has 0 aromatic rings. The van der Waals surface area contributed by atoms with Gasteiger partial charge in [0.2, 0.25) is 0 Å². The Balaban J connectivity index is 3.93. The maximum Gasteiger partial charge on any atom is 0.472 e. The molecule has 0 aromatic heterocycles. The first-order valence-corrected chi connectivity index (χ1v) is 31.0. The van der Waals surface area contributed by atoms with Crippen molar-refractivity contribution in [1.82, 2.24) is 0 Å². The van der Waals surface area contributed by atoms with Crippen molar-refractivity contribution < 1.29 is 43.0 Å². The smallest absolute Gasteiger partial charge is 0.457 e. The number of phosphoric ester groups is 1. The molecule has 0 fully saturated rings. The molecule has 0 saturated heterocycles. The quantitative estimate of drug-likeness (QED) is 0.0310. The maximum atomic E-state index is 12.7. The largest absolute Gasteiger partial charge is 0.472 e. The minimum Gasteiger partial charge on any atom is -0.457 e. The van der Waals surface area contributed by atoms with Crippen molar-refractivity contribution in [3.05, 3.63) is 0 Å². The molecule has 3 unspecified atom stereocenters. The summed E-state index contributed by atoms with van der Waals surface area (Å²) in [5.41, 5.74) is 0. The van der Waals surface area contributed by atoms with E-state index in [4.69, 9.17) is 23.6 Å². The third-order valence-electron chi connectivity index (χ3n) is 13.5. The number of hydrogen-bond acceptors (Lipinski definition) is 8. The number of unbranched alkanes of at least 4 members (excludes halogenated alkanes) is 44. The lowest BCUT2D eigenvalue weighted by Crippen LogP contribution is -2.29. The van der Waals surface area contributed by atoms with Crippen LogP contribution in [0.1, 0.15) is 316 Å². The Hall–Kier alpha value is -0.540. The second-order valence-electron chi connectivity index (χ2n) is 20.4. The van der Waals surface area contributed by atoms with Gasteiger partial charge in [-0.3, -0.25) is 13.8 Å². The summed E-state index contributed by atoms with van der Waals surface area (Å²) in [5.74, 6) is -0.371. The van der Waals surface area contributed by atoms with Crippen LogP contribution in [0.3, 0.4) is 0 Å². The lowest BCUT2D eigenvalue weighted by Gasteiger charge is -2.20. The van der Waals surface area contributed by atoms with Gasteiger partial charge in [-0.1, -0.05) is 296 Å². The maximum absolute atomic E-state index is 12.7. The molecule has 10 heteroatoms. The lowest BCUT2D eigenvalue weighted by molar-refractivity contribution is -0.154. The van der Waals surface area contributed by atoms with E-state index in [0.29, 0.717) is 6.61 Å². The molecule has 402 valence electrons. The molecular weight excluding hydrogens is 860 g/mol. The first-order chi connectivity index (χ1) is 32.8. The Kier molecular flexibility index (Phi) is 54.3. The third kappa shape index (κ3) is 54.6. The Labute approximate surface area is 416 Å². The van der Waals surface area contributed by atoms with E-state index in [2.05, 4.69) is 13.8 Å². The molecule has 3 N–H and O–H groups in total. The molecule has 0 aliphatic heterocycles. The molecule has 0 heterocycles. The van der Waals surface area contributed by atoms with Crippen molar-refractivity contribution in [3.8, 4) is 0 Å². The molecule has 0 aliphatic rings. The molecule has 0 aromatic carbocycles. The highest BCUT2D eigenvalue weighted by Crippen LogP contribution is 2.43. The summed E-state index contributed by atoms with van der Waals surface area (Å²) in [4.78, 5) is 22.8. The molecule has 0 spiro atoms. The summed E-state index contributed by atoms with van der Waals surface area (Å²) in [5, 5.41) is 18.5. The van der Waals surface area contributed by atoms with Crippen LogP contribution < -0.4 is 0 Å². The molecule has 67 heavy (non-hydrogen) atoms. The Morgan fingerprint density at radius 1 is 0.403 bits per heavy atom. The van der Waals surface area contributed by atoms with Crippen molar-refractivity contribution >= 4 is 13.8 Å². The molecule has 0 amide bonds. The average Bonchev–Trinajstić information content (AvgIpc) is 3.32. The van der Waals surface area contributed by atoms with Crippen molar-refractivity contribution in [2.45, 2.75) is 328 Å². The number of ether oxygens (including phenoxy) is 2. The first-order valence-electron chi connectivity index (χ1n) is 29.5.